The Morgan fingerprint density at radius 2 is 0.835 bits per heavy atom. The number of carbonyl (C=O) groups is 3. The molecule has 0 spiro atoms. The van der Waals surface area contributed by atoms with Crippen molar-refractivity contribution >= 4 is 105 Å². The van der Waals surface area contributed by atoms with Crippen LogP contribution >= 0.6 is 69.6 Å². The number of halogens is 9. The Kier molecular flexibility index (Phi) is 24.9. The molecular weight excluding hydrogens is 1460 g/mol. The summed E-state index contributed by atoms with van der Waals surface area (Å²) in [5.41, 5.74) is 20.6. The van der Waals surface area contributed by atoms with Gasteiger partial charge < -0.3 is 51.2 Å². The number of likely N-dealkylation sites (N-methyl/N-ethyl adjacent to an activating group) is 1. The summed E-state index contributed by atoms with van der Waals surface area (Å²) in [6, 6.07) is 13.0. The lowest BCUT2D eigenvalue weighted by atomic mass is 10.0. The lowest BCUT2D eigenvalue weighted by Gasteiger charge is -2.30. The second kappa shape index (κ2) is 32.6. The molecule has 3 amide bonds. The molecule has 548 valence electrons. The van der Waals surface area contributed by atoms with E-state index in [1.165, 1.54) is 36.4 Å². The highest BCUT2D eigenvalue weighted by Gasteiger charge is 2.39. The van der Waals surface area contributed by atoms with Crippen molar-refractivity contribution in [2.24, 2.45) is 0 Å². The average Bonchev–Trinajstić information content (AvgIpc) is 1.69. The molecule has 22 nitrogen and oxygen atoms in total. The molecule has 2 saturated heterocycles. The number of nitrogen functional groups attached to an aromatic ring is 3. The SMILES string of the molecule is CC(Oc1cc(-c2cnn(C(C)(C)C(=O)N3CCCC3)c2)cnc1N)c1c(Cl)ccc(F)c1Cl.CC(Oc1cc(-c2cnn(C(C)(C)C(=O)N3CC[C@H](O)C3)c2)cnc1N)c1c(Cl)ccc(F)c1Cl.CCN(CC)C(=O)C(C)(C)n1cc(-c2cnc(N)c(OC(C)c3c(Cl)ccc(F)c3Cl)c2)cn1. The van der Waals surface area contributed by atoms with Crippen LogP contribution in [0.4, 0.5) is 30.6 Å². The van der Waals surface area contributed by atoms with Gasteiger partial charge in [0.15, 0.2) is 34.7 Å². The number of aromatic nitrogens is 9. The Hall–Kier alpha value is -8.56. The van der Waals surface area contributed by atoms with Crippen molar-refractivity contribution in [2.45, 2.75) is 136 Å². The number of anilines is 3. The highest BCUT2D eigenvalue weighted by molar-refractivity contribution is 6.37. The lowest BCUT2D eigenvalue weighted by Crippen LogP contribution is -2.47. The molecule has 9 aromatic rings. The summed E-state index contributed by atoms with van der Waals surface area (Å²) in [4.78, 5) is 57.0. The first kappa shape index (κ1) is 78.6. The first-order chi connectivity index (χ1) is 48.6. The largest absolute Gasteiger partial charge is 0.482 e. The van der Waals surface area contributed by atoms with Gasteiger partial charge >= 0.3 is 0 Å². The Morgan fingerprint density at radius 3 is 1.15 bits per heavy atom. The van der Waals surface area contributed by atoms with E-state index in [9.17, 15) is 32.7 Å². The second-order valence-corrected chi connectivity index (χ2v) is 28.6. The maximum atomic E-state index is 14.0. The van der Waals surface area contributed by atoms with Gasteiger partial charge in [-0.3, -0.25) is 28.4 Å². The van der Waals surface area contributed by atoms with Crippen LogP contribution in [0.3, 0.4) is 0 Å². The maximum Gasteiger partial charge on any atom is 0.250 e. The molecule has 3 aromatic carbocycles. The van der Waals surface area contributed by atoms with E-state index < -0.39 is 58.5 Å². The number of amides is 3. The minimum Gasteiger partial charge on any atom is -0.482 e. The van der Waals surface area contributed by atoms with Gasteiger partial charge in [0.25, 0.3) is 0 Å². The third-order valence-electron chi connectivity index (χ3n) is 17.9. The zero-order valence-electron chi connectivity index (χ0n) is 58.5. The Balaban J connectivity index is 0.000000179. The zero-order chi connectivity index (χ0) is 75.3. The third kappa shape index (κ3) is 17.3. The van der Waals surface area contributed by atoms with Crippen LogP contribution in [0.5, 0.6) is 17.2 Å². The number of nitrogens with zero attached hydrogens (tertiary/aromatic N) is 12. The molecule has 31 heteroatoms. The van der Waals surface area contributed by atoms with E-state index in [0.717, 1.165) is 37.1 Å². The predicted octanol–water partition coefficient (Wildman–Crippen LogP) is 15.6. The molecule has 11 rings (SSSR count). The Bertz CT molecular complexity index is 4410. The first-order valence-corrected chi connectivity index (χ1v) is 35.2. The molecule has 0 bridgehead atoms. The summed E-state index contributed by atoms with van der Waals surface area (Å²) in [5.74, 6) is -0.592. The lowest BCUT2D eigenvalue weighted by molar-refractivity contribution is -0.139. The molecule has 2 fully saturated rings. The highest BCUT2D eigenvalue weighted by Crippen LogP contribution is 2.42. The first-order valence-electron chi connectivity index (χ1n) is 33.0. The van der Waals surface area contributed by atoms with E-state index in [4.69, 9.17) is 101 Å². The molecule has 0 saturated carbocycles. The summed E-state index contributed by atoms with van der Waals surface area (Å²) in [7, 11) is 0. The van der Waals surface area contributed by atoms with E-state index in [1.807, 2.05) is 46.4 Å². The summed E-state index contributed by atoms with van der Waals surface area (Å²) in [6.45, 7) is 23.5. The number of nitrogens with two attached hydrogens (primary N) is 3. The minimum absolute atomic E-state index is 0.0238. The normalized spacial score (nSPS) is 14.8. The fourth-order valence-electron chi connectivity index (χ4n) is 11.8. The highest BCUT2D eigenvalue weighted by atomic mass is 35.5. The smallest absolute Gasteiger partial charge is 0.250 e. The molecule has 8 heterocycles. The molecule has 0 aliphatic carbocycles. The molecular formula is C72H80Cl6F3N15O7. The molecule has 0 radical (unpaired) electrons. The van der Waals surface area contributed by atoms with Crippen LogP contribution in [0.1, 0.15) is 130 Å². The standard InChI is InChI=1S/C24H26Cl2FN5O3.C24H26Cl2FN5O2.C24H28Cl2FN5O2/c1-13(20-17(25)4-5-18(27)21(20)26)35-19-8-14(9-29-22(19)28)15-10-30-32(11-15)24(2,3)23(34)31-7-6-16(33)12-31;1-14(20-17(25)6-7-18(27)21(20)26)34-19-10-15(11-29-22(19)28)16-12-30-32(13-16)24(2,3)23(33)31-8-4-5-9-31;1-6-31(7-2)23(33)24(4,5)32-13-16(12-30-32)15-10-19(22(28)29-11-15)34-14(3)20-17(25)8-9-18(27)21(20)26/h4-5,8-11,13,16,33H,6-7,12H2,1-3H3,(H2,28,29);6-7,10-14H,4-5,8-9H2,1-3H3,(H2,28,29);8-14H,6-7H2,1-5H3,(H2,28,29)/t13?,16-;;/m0../s1. The van der Waals surface area contributed by atoms with Gasteiger partial charge in [-0.05, 0) is 150 Å². The fraction of sp³-hybridized carbons (Fsp3) is 0.375. The van der Waals surface area contributed by atoms with Crippen LogP contribution in [-0.4, -0.2) is 127 Å². The number of aliphatic hydroxyl groups is 1. The fourth-order valence-corrected chi connectivity index (χ4v) is 13.8. The predicted molar refractivity (Wildman–Crippen MR) is 395 cm³/mol. The molecule has 6 aromatic heterocycles. The van der Waals surface area contributed by atoms with Crippen LogP contribution in [0.2, 0.25) is 30.1 Å². The van der Waals surface area contributed by atoms with Gasteiger partial charge in [-0.25, -0.2) is 28.1 Å². The zero-order valence-corrected chi connectivity index (χ0v) is 63.0. The number of carbonyl (C=O) groups excluding carboxylic acids is 3. The van der Waals surface area contributed by atoms with Crippen LogP contribution in [0, 0.1) is 17.5 Å². The minimum atomic E-state index is -0.956. The summed E-state index contributed by atoms with van der Waals surface area (Å²) in [6.07, 6.45) is 15.1. The summed E-state index contributed by atoms with van der Waals surface area (Å²) < 4.78 is 64.7. The van der Waals surface area contributed by atoms with Crippen molar-refractivity contribution in [3.63, 3.8) is 0 Å². The number of rotatable bonds is 20. The number of aliphatic hydroxyl groups excluding tert-OH is 1. The summed E-state index contributed by atoms with van der Waals surface area (Å²) >= 11 is 37.0. The van der Waals surface area contributed by atoms with Crippen LogP contribution in [0.15, 0.2) is 110 Å². The van der Waals surface area contributed by atoms with E-state index >= 15 is 0 Å². The number of β-amino-alcohol motifs (C(OH)–C–C–N with tert-alkyl or cyclic N) is 1. The molecule has 2 aliphatic rings. The molecule has 2 aliphatic heterocycles. The summed E-state index contributed by atoms with van der Waals surface area (Å²) in [5, 5.41) is 23.6. The van der Waals surface area contributed by atoms with Crippen molar-refractivity contribution in [1.82, 2.24) is 59.0 Å². The van der Waals surface area contributed by atoms with E-state index in [-0.39, 0.29) is 76.8 Å². The molecule has 7 N–H and O–H groups in total. The maximum absolute atomic E-state index is 14.0. The van der Waals surface area contributed by atoms with Crippen molar-refractivity contribution < 1.29 is 46.9 Å². The van der Waals surface area contributed by atoms with Gasteiger partial charge in [0.1, 0.15) is 52.4 Å². The van der Waals surface area contributed by atoms with Gasteiger partial charge in [-0.15, -0.1) is 0 Å². The quantitative estimate of drug-likeness (QED) is 0.0516. The molecule has 103 heavy (non-hydrogen) atoms. The topological polar surface area (TPSA) is 279 Å². The van der Waals surface area contributed by atoms with Gasteiger partial charge in [0.2, 0.25) is 17.7 Å². The second-order valence-electron chi connectivity index (χ2n) is 26.2. The van der Waals surface area contributed by atoms with Gasteiger partial charge in [0, 0.05) is 142 Å². The van der Waals surface area contributed by atoms with E-state index in [1.54, 1.807) is 132 Å². The number of likely N-dealkylation sites (tertiary alicyclic amines) is 2. The monoisotopic (exact) mass is 1530 g/mol. The van der Waals surface area contributed by atoms with E-state index in [2.05, 4.69) is 30.2 Å². The Morgan fingerprint density at radius 1 is 0.515 bits per heavy atom. The number of hydrogen-bond acceptors (Lipinski definition) is 16. The van der Waals surface area contributed by atoms with Crippen molar-refractivity contribution in [3.8, 4) is 50.6 Å². The number of hydrogen-bond donors (Lipinski definition) is 4. The Labute approximate surface area is 625 Å². The van der Waals surface area contributed by atoms with Crippen molar-refractivity contribution in [1.29, 1.82) is 0 Å². The third-order valence-corrected chi connectivity index (χ3v) is 20.1. The van der Waals surface area contributed by atoms with Gasteiger partial charge in [-0.1, -0.05) is 69.6 Å². The molecule has 4 atom stereocenters. The number of benzene rings is 3. The van der Waals surface area contributed by atoms with Crippen molar-refractivity contribution in [2.75, 3.05) is 56.5 Å². The van der Waals surface area contributed by atoms with Crippen LogP contribution in [0.25, 0.3) is 33.4 Å². The van der Waals surface area contributed by atoms with E-state index in [0.29, 0.717) is 77.3 Å². The van der Waals surface area contributed by atoms with Crippen LogP contribution < -0.4 is 31.4 Å². The average molecular weight is 1540 g/mol. The van der Waals surface area contributed by atoms with Crippen molar-refractivity contribution in [3.05, 3.63) is 175 Å². The number of ether oxygens (including phenoxy) is 3. The molecule has 3 unspecified atom stereocenters. The van der Waals surface area contributed by atoms with Crippen LogP contribution in [-0.2, 0) is 31.0 Å². The van der Waals surface area contributed by atoms with Gasteiger partial charge in [-0.2, -0.15) is 15.3 Å². The number of pyridine rings is 3. The van der Waals surface area contributed by atoms with Gasteiger partial charge in [0.05, 0.1) is 39.8 Å².